The molecule has 0 saturated carbocycles. The second kappa shape index (κ2) is 16.9. The zero-order valence-electron chi connectivity index (χ0n) is 28.8. The number of benzene rings is 5. The van der Waals surface area contributed by atoms with E-state index < -0.39 is 0 Å². The van der Waals surface area contributed by atoms with E-state index in [1.165, 1.54) is 24.1 Å². The number of carbonyl (C=O) groups excluding carboxylic acids is 1. The highest BCUT2D eigenvalue weighted by Gasteiger charge is 2.20. The van der Waals surface area contributed by atoms with E-state index in [9.17, 15) is 4.79 Å². The molecule has 6 aromatic rings. The molecule has 1 aliphatic heterocycles. The number of halogens is 2. The molecule has 0 unspecified atom stereocenters. The Kier molecular flexibility index (Phi) is 12.4. The van der Waals surface area contributed by atoms with Crippen molar-refractivity contribution in [2.75, 3.05) is 29.4 Å². The van der Waals surface area contributed by atoms with Crippen molar-refractivity contribution in [1.82, 2.24) is 14.9 Å². The molecule has 264 valence electrons. The Morgan fingerprint density at radius 2 is 1.57 bits per heavy atom. The number of nitrogens with two attached hydrogens (primary N) is 1. The van der Waals surface area contributed by atoms with Gasteiger partial charge in [0.1, 0.15) is 11.7 Å². The Morgan fingerprint density at radius 1 is 0.863 bits per heavy atom. The molecule has 0 aliphatic carbocycles. The molecule has 0 bridgehead atoms. The minimum Gasteiger partial charge on any atom is -0.384 e. The lowest BCUT2D eigenvalue weighted by atomic mass is 10.0. The zero-order valence-corrected chi connectivity index (χ0v) is 30.5. The van der Waals surface area contributed by atoms with Crippen LogP contribution in [0.25, 0.3) is 21.8 Å². The second-order valence-corrected chi connectivity index (χ2v) is 13.0. The van der Waals surface area contributed by atoms with Gasteiger partial charge in [0, 0.05) is 50.0 Å². The van der Waals surface area contributed by atoms with E-state index in [0.717, 1.165) is 75.9 Å². The van der Waals surface area contributed by atoms with E-state index >= 15 is 0 Å². The normalized spacial score (nSPS) is 12.5. The van der Waals surface area contributed by atoms with Gasteiger partial charge >= 0.3 is 0 Å². The number of anilines is 2. The Hall–Kier alpha value is -4.89. The summed E-state index contributed by atoms with van der Waals surface area (Å²) in [5.74, 6) is 1.06. The smallest absolute Gasteiger partial charge is 0.241 e. The van der Waals surface area contributed by atoms with Gasteiger partial charge in [-0.2, -0.15) is 0 Å². The summed E-state index contributed by atoms with van der Waals surface area (Å²) in [5.41, 5.74) is 13.8. The summed E-state index contributed by atoms with van der Waals surface area (Å²) >= 11 is 0. The highest BCUT2D eigenvalue weighted by molar-refractivity contribution is 5.98. The summed E-state index contributed by atoms with van der Waals surface area (Å²) in [7, 11) is 2.05. The van der Waals surface area contributed by atoms with Crippen molar-refractivity contribution in [2.24, 2.45) is 12.8 Å². The number of rotatable bonds is 12. The maximum Gasteiger partial charge on any atom is 0.241 e. The number of carbonyl (C=O) groups is 1. The largest absolute Gasteiger partial charge is 0.384 e. The summed E-state index contributed by atoms with van der Waals surface area (Å²) in [5, 5.41) is 13.4. The quantitative estimate of drug-likeness (QED) is 0.0894. The van der Waals surface area contributed by atoms with Gasteiger partial charge in [-0.1, -0.05) is 78.9 Å². The molecular weight excluding hydrogens is 677 g/mol. The van der Waals surface area contributed by atoms with E-state index in [-0.39, 0.29) is 43.1 Å². The number of aromatic nitrogens is 2. The number of hydrogen-bond donors (Lipinski definition) is 3. The van der Waals surface area contributed by atoms with Gasteiger partial charge in [0.25, 0.3) is 0 Å². The van der Waals surface area contributed by atoms with E-state index in [2.05, 4.69) is 75.4 Å². The summed E-state index contributed by atoms with van der Waals surface area (Å²) in [6.07, 6.45) is 4.10. The Labute approximate surface area is 312 Å². The van der Waals surface area contributed by atoms with Crippen molar-refractivity contribution in [2.45, 2.75) is 38.8 Å². The molecule has 0 spiro atoms. The molecule has 1 saturated heterocycles. The topological polar surface area (TPSA) is 103 Å². The van der Waals surface area contributed by atoms with Crippen LogP contribution in [0, 0.1) is 5.41 Å². The first-order valence-corrected chi connectivity index (χ1v) is 17.1. The van der Waals surface area contributed by atoms with Crippen LogP contribution in [0.2, 0.25) is 0 Å². The predicted octanol–water partition coefficient (Wildman–Crippen LogP) is 7.56. The molecule has 1 aromatic heterocycles. The van der Waals surface area contributed by atoms with Crippen LogP contribution >= 0.6 is 24.8 Å². The third-order valence-corrected chi connectivity index (χ3v) is 9.69. The molecular formula is C41H45Cl2N7O. The highest BCUT2D eigenvalue weighted by atomic mass is 35.5. The summed E-state index contributed by atoms with van der Waals surface area (Å²) in [4.78, 5) is 23.4. The van der Waals surface area contributed by atoms with Crippen LogP contribution in [0.15, 0.2) is 109 Å². The molecule has 51 heavy (non-hydrogen) atoms. The fourth-order valence-corrected chi connectivity index (χ4v) is 6.87. The monoisotopic (exact) mass is 721 g/mol. The van der Waals surface area contributed by atoms with E-state index in [1.54, 1.807) is 0 Å². The van der Waals surface area contributed by atoms with Gasteiger partial charge in [-0.15, -0.1) is 24.8 Å². The Balaban J connectivity index is 0.00000252. The molecule has 5 aromatic carbocycles. The van der Waals surface area contributed by atoms with Gasteiger partial charge < -0.3 is 25.4 Å². The van der Waals surface area contributed by atoms with Crippen LogP contribution in [-0.2, 0) is 37.8 Å². The minimum atomic E-state index is 0. The molecule has 8 nitrogen and oxygen atoms in total. The number of amidine groups is 1. The lowest BCUT2D eigenvalue weighted by Gasteiger charge is -2.24. The van der Waals surface area contributed by atoms with E-state index in [0.29, 0.717) is 13.1 Å². The van der Waals surface area contributed by atoms with Crippen LogP contribution < -0.4 is 20.9 Å². The fourth-order valence-electron chi connectivity index (χ4n) is 6.87. The molecule has 1 aliphatic rings. The van der Waals surface area contributed by atoms with Gasteiger partial charge in [0.15, 0.2) is 0 Å². The van der Waals surface area contributed by atoms with Crippen LogP contribution in [0.5, 0.6) is 0 Å². The standard InChI is InChI=1S/C41H43N7O.2ClH/c1-46-38-21-20-35(25-37(38)45-39(46)22-15-29-11-16-32(17-12-29)41(42)43)48(28-33-9-6-8-31-7-2-3-10-36(31)33)40(49)27-44-26-30-13-18-34(19-14-30)47-23-4-5-24-47;;/h2-3,6-14,16-21,25,44H,4-5,15,22-24,26-28H2,1H3,(H3,42,43);2*1H. The predicted molar refractivity (Wildman–Crippen MR) is 215 cm³/mol. The minimum absolute atomic E-state index is 0. The van der Waals surface area contributed by atoms with Crippen molar-refractivity contribution in [3.63, 3.8) is 0 Å². The van der Waals surface area contributed by atoms with Gasteiger partial charge in [0.05, 0.1) is 24.1 Å². The number of aryl methyl sites for hydroxylation is 3. The average Bonchev–Trinajstić information content (AvgIpc) is 3.78. The number of nitrogens with one attached hydrogen (secondary N) is 2. The molecule has 0 radical (unpaired) electrons. The number of hydrogen-bond acceptors (Lipinski definition) is 5. The van der Waals surface area contributed by atoms with Crippen molar-refractivity contribution in [1.29, 1.82) is 5.41 Å². The maximum absolute atomic E-state index is 14.0. The molecule has 7 rings (SSSR count). The molecule has 4 N–H and O–H groups in total. The van der Waals surface area contributed by atoms with E-state index in [1.807, 2.05) is 60.5 Å². The van der Waals surface area contributed by atoms with Crippen molar-refractivity contribution in [3.8, 4) is 0 Å². The van der Waals surface area contributed by atoms with Crippen molar-refractivity contribution >= 4 is 69.7 Å². The molecule has 1 amide bonds. The summed E-state index contributed by atoms with van der Waals surface area (Å²) in [6, 6.07) is 37.3. The van der Waals surface area contributed by atoms with Crippen molar-refractivity contribution in [3.05, 3.63) is 137 Å². The zero-order chi connectivity index (χ0) is 33.7. The van der Waals surface area contributed by atoms with Gasteiger partial charge in [-0.3, -0.25) is 10.2 Å². The fraction of sp³-hybridized carbons (Fsp3) is 0.244. The van der Waals surface area contributed by atoms with Crippen LogP contribution in [-0.4, -0.2) is 40.9 Å². The third-order valence-electron chi connectivity index (χ3n) is 9.69. The van der Waals surface area contributed by atoms with Crippen molar-refractivity contribution < 1.29 is 4.79 Å². The number of nitrogens with zero attached hydrogens (tertiary/aromatic N) is 4. The number of amides is 1. The Morgan fingerprint density at radius 3 is 2.31 bits per heavy atom. The Bertz CT molecular complexity index is 2100. The third kappa shape index (κ3) is 8.53. The first kappa shape index (κ1) is 37.4. The van der Waals surface area contributed by atoms with Crippen LogP contribution in [0.3, 0.4) is 0 Å². The maximum atomic E-state index is 14.0. The number of fused-ring (bicyclic) bond motifs is 2. The summed E-state index contributed by atoms with van der Waals surface area (Å²) < 4.78 is 2.14. The average molecular weight is 723 g/mol. The van der Waals surface area contributed by atoms with Crippen LogP contribution in [0.1, 0.15) is 40.9 Å². The first-order valence-electron chi connectivity index (χ1n) is 17.1. The van der Waals surface area contributed by atoms with Gasteiger partial charge in [-0.05, 0) is 77.1 Å². The lowest BCUT2D eigenvalue weighted by molar-refractivity contribution is -0.118. The highest BCUT2D eigenvalue weighted by Crippen LogP contribution is 2.27. The number of nitrogen functional groups attached to an aromatic ring is 1. The molecule has 2 heterocycles. The van der Waals surface area contributed by atoms with E-state index in [4.69, 9.17) is 16.1 Å². The molecule has 10 heteroatoms. The number of imidazole rings is 1. The SMILES string of the molecule is Cl.Cl.Cn1c(CCc2ccc(C(=N)N)cc2)nc2cc(N(Cc3cccc4ccccc34)C(=O)CNCc3ccc(N4CCCC4)cc3)ccc21. The summed E-state index contributed by atoms with van der Waals surface area (Å²) in [6.45, 7) is 3.54. The first-order chi connectivity index (χ1) is 23.9. The van der Waals surface area contributed by atoms with Gasteiger partial charge in [0.2, 0.25) is 5.91 Å². The second-order valence-electron chi connectivity index (χ2n) is 13.0. The van der Waals surface area contributed by atoms with Gasteiger partial charge in [-0.25, -0.2) is 4.98 Å². The molecule has 1 fully saturated rings. The molecule has 0 atom stereocenters. The van der Waals surface area contributed by atoms with Crippen LogP contribution in [0.4, 0.5) is 11.4 Å². The lowest BCUT2D eigenvalue weighted by Crippen LogP contribution is -2.37.